The number of nitrogens with one attached hydrogen (secondary N) is 2. The summed E-state index contributed by atoms with van der Waals surface area (Å²) >= 11 is 0. The summed E-state index contributed by atoms with van der Waals surface area (Å²) in [5.74, 6) is 0.170. The normalized spacial score (nSPS) is 11.8. The van der Waals surface area contributed by atoms with Crippen LogP contribution in [0.3, 0.4) is 0 Å². The van der Waals surface area contributed by atoms with Crippen molar-refractivity contribution < 1.29 is 25.9 Å². The van der Waals surface area contributed by atoms with Gasteiger partial charge in [0.15, 0.2) is 0 Å². The topological polar surface area (TPSA) is 159 Å². The molecule has 3 aromatic rings. The Balaban J connectivity index is 1.92. The van der Waals surface area contributed by atoms with E-state index in [2.05, 4.69) is 20.6 Å². The van der Waals surface area contributed by atoms with E-state index in [0.29, 0.717) is 0 Å². The lowest BCUT2D eigenvalue weighted by molar-refractivity contribution is 0.481. The van der Waals surface area contributed by atoms with Crippen molar-refractivity contribution in [3.05, 3.63) is 60.8 Å². The second kappa shape index (κ2) is 7.52. The summed E-state index contributed by atoms with van der Waals surface area (Å²) in [4.78, 5) is 7.40. The van der Waals surface area contributed by atoms with E-state index in [4.69, 9.17) is 0 Å². The third kappa shape index (κ3) is 4.61. The van der Waals surface area contributed by atoms with Crippen molar-refractivity contribution in [1.29, 1.82) is 0 Å². The number of hydrogen-bond donors (Lipinski definition) is 4. The van der Waals surface area contributed by atoms with Crippen molar-refractivity contribution >= 4 is 43.4 Å². The van der Waals surface area contributed by atoms with Gasteiger partial charge in [-0.3, -0.25) is 9.11 Å². The summed E-state index contributed by atoms with van der Waals surface area (Å²) in [5, 5.41) is 5.43. The first-order chi connectivity index (χ1) is 13.1. The fourth-order valence-corrected chi connectivity index (χ4v) is 3.63. The molecule has 12 heteroatoms. The highest BCUT2D eigenvalue weighted by molar-refractivity contribution is 7.86. The zero-order valence-corrected chi connectivity index (χ0v) is 15.6. The first kappa shape index (κ1) is 19.7. The number of aromatic nitrogens is 2. The molecule has 0 aliphatic rings. The van der Waals surface area contributed by atoms with Crippen LogP contribution in [0.25, 0.3) is 0 Å². The molecule has 0 fully saturated rings. The fourth-order valence-electron chi connectivity index (χ4n) is 2.34. The number of anilines is 4. The number of rotatable bonds is 6. The van der Waals surface area contributed by atoms with Crippen LogP contribution >= 0.6 is 0 Å². The third-order valence-electron chi connectivity index (χ3n) is 3.49. The van der Waals surface area contributed by atoms with E-state index in [1.165, 1.54) is 48.7 Å². The van der Waals surface area contributed by atoms with E-state index in [1.54, 1.807) is 12.1 Å². The lowest BCUT2D eigenvalue weighted by atomic mass is 10.3. The van der Waals surface area contributed by atoms with E-state index in [0.717, 1.165) is 0 Å². The maximum atomic E-state index is 11.5. The summed E-state index contributed by atoms with van der Waals surface area (Å²) in [6.07, 6.45) is 1.35. The molecule has 1 aromatic heterocycles. The minimum Gasteiger partial charge on any atom is -0.339 e. The molecule has 0 bridgehead atoms. The molecule has 3 rings (SSSR count). The van der Waals surface area contributed by atoms with Crippen molar-refractivity contribution in [2.45, 2.75) is 9.79 Å². The number of benzene rings is 2. The number of nitrogens with zero attached hydrogens (tertiary/aromatic N) is 2. The molecule has 4 N–H and O–H groups in total. The summed E-state index contributed by atoms with van der Waals surface area (Å²) in [5.41, 5.74) is 0.147. The molecule has 146 valence electrons. The van der Waals surface area contributed by atoms with Crippen LogP contribution in [0.1, 0.15) is 0 Å². The van der Waals surface area contributed by atoms with Crippen LogP contribution in [0.4, 0.5) is 23.1 Å². The molecular weight excluding hydrogens is 408 g/mol. The molecule has 0 unspecified atom stereocenters. The van der Waals surface area contributed by atoms with Gasteiger partial charge in [0.1, 0.15) is 15.6 Å². The minimum atomic E-state index is -4.46. The van der Waals surface area contributed by atoms with Gasteiger partial charge in [0.05, 0.1) is 11.4 Å². The summed E-state index contributed by atoms with van der Waals surface area (Å²) in [6.45, 7) is 0. The highest BCUT2D eigenvalue weighted by Crippen LogP contribution is 2.26. The van der Waals surface area contributed by atoms with Gasteiger partial charge in [-0.15, -0.1) is 0 Å². The first-order valence-corrected chi connectivity index (χ1v) is 10.5. The van der Waals surface area contributed by atoms with Crippen molar-refractivity contribution in [1.82, 2.24) is 9.97 Å². The molecule has 10 nitrogen and oxygen atoms in total. The molecule has 0 aliphatic heterocycles. The number of hydrogen-bond acceptors (Lipinski definition) is 8. The van der Waals surface area contributed by atoms with Gasteiger partial charge < -0.3 is 10.6 Å². The van der Waals surface area contributed by atoms with Crippen LogP contribution in [-0.4, -0.2) is 35.9 Å². The van der Waals surface area contributed by atoms with Gasteiger partial charge in [0.25, 0.3) is 20.2 Å². The van der Waals surface area contributed by atoms with Crippen molar-refractivity contribution in [3.8, 4) is 0 Å². The van der Waals surface area contributed by atoms with Crippen LogP contribution in [-0.2, 0) is 20.2 Å². The van der Waals surface area contributed by atoms with Crippen LogP contribution in [0.2, 0.25) is 0 Å². The molecule has 0 saturated carbocycles. The van der Waals surface area contributed by atoms with Gasteiger partial charge >= 0.3 is 0 Å². The molecule has 0 spiro atoms. The molecule has 2 aromatic carbocycles. The van der Waals surface area contributed by atoms with Gasteiger partial charge in [-0.25, -0.2) is 4.98 Å². The summed E-state index contributed by atoms with van der Waals surface area (Å²) in [7, 11) is -8.91. The van der Waals surface area contributed by atoms with E-state index in [9.17, 15) is 25.9 Å². The lowest BCUT2D eigenvalue weighted by Crippen LogP contribution is -2.07. The lowest BCUT2D eigenvalue weighted by Gasteiger charge is -2.12. The van der Waals surface area contributed by atoms with Crippen LogP contribution in [0.5, 0.6) is 0 Å². The van der Waals surface area contributed by atoms with E-state index in [-0.39, 0.29) is 32.9 Å². The number of para-hydroxylation sites is 2. The molecular formula is C16H14N4O6S2. The quantitative estimate of drug-likeness (QED) is 0.435. The molecule has 1 heterocycles. The van der Waals surface area contributed by atoms with Gasteiger partial charge in [-0.1, -0.05) is 24.3 Å². The zero-order chi connectivity index (χ0) is 20.4. The first-order valence-electron chi connectivity index (χ1n) is 7.65. The smallest absolute Gasteiger partial charge is 0.296 e. The predicted molar refractivity (Wildman–Crippen MR) is 101 cm³/mol. The van der Waals surface area contributed by atoms with Crippen LogP contribution < -0.4 is 10.6 Å². The predicted octanol–water partition coefficient (Wildman–Crippen LogP) is 2.46. The molecule has 0 saturated heterocycles. The van der Waals surface area contributed by atoms with Crippen molar-refractivity contribution in [2.24, 2.45) is 0 Å². The Morgan fingerprint density at radius 3 is 1.75 bits per heavy atom. The fraction of sp³-hybridized carbons (Fsp3) is 0. The van der Waals surface area contributed by atoms with Crippen LogP contribution in [0, 0.1) is 0 Å². The maximum Gasteiger partial charge on any atom is 0.296 e. The monoisotopic (exact) mass is 422 g/mol. The maximum absolute atomic E-state index is 11.5. The highest BCUT2D eigenvalue weighted by atomic mass is 32.2. The average Bonchev–Trinajstić information content (AvgIpc) is 2.61. The van der Waals surface area contributed by atoms with E-state index < -0.39 is 20.2 Å². The second-order valence-corrected chi connectivity index (χ2v) is 8.24. The van der Waals surface area contributed by atoms with Gasteiger partial charge in [0, 0.05) is 6.20 Å². The second-order valence-electron chi connectivity index (χ2n) is 5.46. The SMILES string of the molecule is O=S(=O)(O)c1ccccc1Nc1ccnc(Nc2ccccc2S(=O)(=O)O)n1. The van der Waals surface area contributed by atoms with E-state index >= 15 is 0 Å². The zero-order valence-electron chi connectivity index (χ0n) is 14.0. The molecule has 0 aliphatic carbocycles. The molecule has 0 atom stereocenters. The standard InChI is InChI=1S/C16H14N4O6S2/c21-27(22,23)13-7-3-1-5-11(13)18-15-9-10-17-16(20-15)19-12-6-2-4-8-14(12)28(24,25)26/h1-10H,(H,21,22,23)(H,24,25,26)(H2,17,18,19,20). The highest BCUT2D eigenvalue weighted by Gasteiger charge is 2.17. The van der Waals surface area contributed by atoms with Crippen molar-refractivity contribution in [2.75, 3.05) is 10.6 Å². The van der Waals surface area contributed by atoms with Gasteiger partial charge in [-0.05, 0) is 30.3 Å². The largest absolute Gasteiger partial charge is 0.339 e. The Hall–Kier alpha value is -3.06. The minimum absolute atomic E-state index is 0.00885. The Bertz CT molecular complexity index is 1140. The Morgan fingerprint density at radius 1 is 0.714 bits per heavy atom. The summed E-state index contributed by atoms with van der Waals surface area (Å²) in [6, 6.07) is 12.8. The van der Waals surface area contributed by atoms with Gasteiger partial charge in [0.2, 0.25) is 5.95 Å². The van der Waals surface area contributed by atoms with E-state index in [1.807, 2.05) is 0 Å². The Morgan fingerprint density at radius 2 is 1.21 bits per heavy atom. The molecule has 0 radical (unpaired) electrons. The average molecular weight is 422 g/mol. The Kier molecular flexibility index (Phi) is 5.29. The summed E-state index contributed by atoms with van der Waals surface area (Å²) < 4.78 is 64.5. The molecule has 0 amide bonds. The third-order valence-corrected chi connectivity index (χ3v) is 5.32. The van der Waals surface area contributed by atoms with Gasteiger partial charge in [-0.2, -0.15) is 21.8 Å². The van der Waals surface area contributed by atoms with Crippen LogP contribution in [0.15, 0.2) is 70.6 Å². The van der Waals surface area contributed by atoms with Crippen molar-refractivity contribution in [3.63, 3.8) is 0 Å². The Labute approximate surface area is 160 Å². The molecule has 28 heavy (non-hydrogen) atoms.